The number of aliphatic hydroxyl groups is 1. The van der Waals surface area contributed by atoms with Gasteiger partial charge in [0.2, 0.25) is 11.8 Å². The van der Waals surface area contributed by atoms with Crippen LogP contribution in [0.2, 0.25) is 0 Å². The molecular weight excluding hydrogens is 719 g/mol. The lowest BCUT2D eigenvalue weighted by Crippen LogP contribution is -2.61. The fraction of sp³-hybridized carbons (Fsp3) is 0.561. The van der Waals surface area contributed by atoms with Gasteiger partial charge < -0.3 is 35.2 Å². The summed E-state index contributed by atoms with van der Waals surface area (Å²) in [7, 11) is 0. The topological polar surface area (TPSA) is 157 Å². The van der Waals surface area contributed by atoms with Crippen LogP contribution in [0.15, 0.2) is 48.1 Å². The van der Waals surface area contributed by atoms with Crippen LogP contribution in [0.5, 0.6) is 0 Å². The van der Waals surface area contributed by atoms with Gasteiger partial charge in [0.15, 0.2) is 0 Å². The molecule has 4 amide bonds. The number of piperidine rings is 1. The number of anilines is 1. The lowest BCUT2D eigenvalue weighted by Gasteiger charge is -2.54. The summed E-state index contributed by atoms with van der Waals surface area (Å²) in [4.78, 5) is 69.3. The van der Waals surface area contributed by atoms with Crippen LogP contribution in [-0.4, -0.2) is 105 Å². The second-order valence-corrected chi connectivity index (χ2v) is 18.4. The summed E-state index contributed by atoms with van der Waals surface area (Å²) in [6.07, 6.45) is 2.27. The summed E-state index contributed by atoms with van der Waals surface area (Å²) in [6, 6.07) is 9.28. The highest BCUT2D eigenvalue weighted by atomic mass is 32.1. The van der Waals surface area contributed by atoms with Crippen molar-refractivity contribution in [3.63, 3.8) is 0 Å². The first-order chi connectivity index (χ1) is 25.8. The molecule has 5 heterocycles. The highest BCUT2D eigenvalue weighted by Gasteiger charge is 2.47. The maximum Gasteiger partial charge on any atom is 0.410 e. The van der Waals surface area contributed by atoms with Crippen LogP contribution in [0.1, 0.15) is 95.4 Å². The van der Waals surface area contributed by atoms with Gasteiger partial charge in [-0.15, -0.1) is 11.3 Å². The van der Waals surface area contributed by atoms with E-state index in [0.717, 1.165) is 53.4 Å². The van der Waals surface area contributed by atoms with E-state index in [4.69, 9.17) is 4.74 Å². The molecule has 6 rings (SSSR count). The average molecular weight is 774 g/mol. The molecule has 55 heavy (non-hydrogen) atoms. The van der Waals surface area contributed by atoms with E-state index >= 15 is 0 Å². The molecule has 0 unspecified atom stereocenters. The number of benzene rings is 1. The predicted octanol–water partition coefficient (Wildman–Crippen LogP) is 5.33. The van der Waals surface area contributed by atoms with Gasteiger partial charge in [0, 0.05) is 50.8 Å². The molecule has 1 spiro atoms. The van der Waals surface area contributed by atoms with Crippen molar-refractivity contribution < 1.29 is 29.0 Å². The molecule has 2 aromatic heterocycles. The van der Waals surface area contributed by atoms with Gasteiger partial charge in [-0.25, -0.2) is 14.8 Å². The molecule has 0 radical (unpaired) electrons. The van der Waals surface area contributed by atoms with E-state index in [9.17, 15) is 24.3 Å². The number of hydrogen-bond donors (Lipinski definition) is 3. The summed E-state index contributed by atoms with van der Waals surface area (Å²) < 4.78 is 5.54. The SMILES string of the molecule is Cc1ncsc1-c1ccc([C@H](C)NC(=O)[C@@H]2C[C@@H](O)CN2C(=O)[C@@H](NC(=O)c2ccc(N3CC4(CCN(C(=O)OC(C)(C)C)CC4)C3)nc2)C(C)(C)C)cc1. The highest BCUT2D eigenvalue weighted by molar-refractivity contribution is 7.13. The van der Waals surface area contributed by atoms with Crippen molar-refractivity contribution in [2.24, 2.45) is 10.8 Å². The minimum Gasteiger partial charge on any atom is -0.444 e. The number of hydrogen-bond acceptors (Lipinski definition) is 10. The number of β-amino-alcohol motifs (C(OH)–C–C–N with tert-alkyl or cyclic N) is 1. The third-order valence-corrected chi connectivity index (χ3v) is 11.9. The van der Waals surface area contributed by atoms with Gasteiger partial charge in [0.05, 0.1) is 33.8 Å². The van der Waals surface area contributed by atoms with Crippen LogP contribution in [0.3, 0.4) is 0 Å². The van der Waals surface area contributed by atoms with E-state index in [-0.39, 0.29) is 36.4 Å². The van der Waals surface area contributed by atoms with Crippen molar-refractivity contribution in [2.75, 3.05) is 37.6 Å². The Balaban J connectivity index is 1.04. The van der Waals surface area contributed by atoms with Gasteiger partial charge in [-0.2, -0.15) is 0 Å². The van der Waals surface area contributed by atoms with E-state index in [1.807, 2.05) is 91.2 Å². The van der Waals surface area contributed by atoms with Crippen molar-refractivity contribution in [3.8, 4) is 10.4 Å². The van der Waals surface area contributed by atoms with Crippen LogP contribution in [0.4, 0.5) is 10.6 Å². The molecular formula is C41H55N7O6S. The first kappa shape index (κ1) is 40.1. The summed E-state index contributed by atoms with van der Waals surface area (Å²) >= 11 is 1.58. The number of pyridine rings is 1. The second-order valence-electron chi connectivity index (χ2n) is 17.5. The summed E-state index contributed by atoms with van der Waals surface area (Å²) in [5.41, 5.74) is 3.96. The van der Waals surface area contributed by atoms with Crippen molar-refractivity contribution in [3.05, 3.63) is 64.9 Å². The third kappa shape index (κ3) is 9.12. The molecule has 14 heteroatoms. The number of nitrogens with zero attached hydrogens (tertiary/aromatic N) is 5. The molecule has 0 saturated carbocycles. The van der Waals surface area contributed by atoms with E-state index in [2.05, 4.69) is 25.5 Å². The molecule has 0 aliphatic carbocycles. The number of aliphatic hydroxyl groups excluding tert-OH is 1. The van der Waals surface area contributed by atoms with Gasteiger partial charge in [0.25, 0.3) is 5.91 Å². The number of carbonyl (C=O) groups is 4. The molecule has 3 N–H and O–H groups in total. The second kappa shape index (κ2) is 15.5. The third-order valence-electron chi connectivity index (χ3n) is 10.9. The molecule has 296 valence electrons. The molecule has 0 bridgehead atoms. The lowest BCUT2D eigenvalue weighted by molar-refractivity contribution is -0.142. The Hall–Kier alpha value is -4.56. The number of aromatic nitrogens is 2. The monoisotopic (exact) mass is 773 g/mol. The predicted molar refractivity (Wildman–Crippen MR) is 212 cm³/mol. The summed E-state index contributed by atoms with van der Waals surface area (Å²) in [5, 5.41) is 16.6. The number of likely N-dealkylation sites (tertiary alicyclic amines) is 2. The Morgan fingerprint density at radius 2 is 1.64 bits per heavy atom. The Kier molecular flexibility index (Phi) is 11.3. The van der Waals surface area contributed by atoms with Crippen molar-refractivity contribution >= 4 is 41.0 Å². The van der Waals surface area contributed by atoms with E-state index in [1.54, 1.807) is 22.3 Å². The van der Waals surface area contributed by atoms with Gasteiger partial charge in [-0.1, -0.05) is 45.0 Å². The van der Waals surface area contributed by atoms with Crippen LogP contribution in [-0.2, 0) is 14.3 Å². The number of thiazole rings is 1. The van der Waals surface area contributed by atoms with Crippen molar-refractivity contribution in [1.29, 1.82) is 0 Å². The highest BCUT2D eigenvalue weighted by Crippen LogP contribution is 2.42. The molecule has 3 aliphatic heterocycles. The number of rotatable bonds is 8. The number of ether oxygens (including phenoxy) is 1. The van der Waals surface area contributed by atoms with Crippen molar-refractivity contribution in [2.45, 2.75) is 104 Å². The maximum absolute atomic E-state index is 14.2. The normalized spacial score (nSPS) is 20.8. The smallest absolute Gasteiger partial charge is 0.410 e. The minimum absolute atomic E-state index is 0.0107. The molecule has 1 aromatic carbocycles. The number of aryl methyl sites for hydroxylation is 1. The largest absolute Gasteiger partial charge is 0.444 e. The number of amides is 4. The minimum atomic E-state index is -0.970. The zero-order valence-corrected chi connectivity index (χ0v) is 34.0. The van der Waals surface area contributed by atoms with Gasteiger partial charge in [0.1, 0.15) is 23.5 Å². The quantitative estimate of drug-likeness (QED) is 0.275. The number of carbonyl (C=O) groups excluding carboxylic acids is 4. The summed E-state index contributed by atoms with van der Waals surface area (Å²) in [6.45, 7) is 18.0. The Labute approximate surface area is 327 Å². The Bertz CT molecular complexity index is 1870. The van der Waals surface area contributed by atoms with Crippen LogP contribution in [0, 0.1) is 17.8 Å². The van der Waals surface area contributed by atoms with Gasteiger partial charge in [-0.3, -0.25) is 14.4 Å². The molecule has 13 nitrogen and oxygen atoms in total. The van der Waals surface area contributed by atoms with Crippen LogP contribution in [0.25, 0.3) is 10.4 Å². The van der Waals surface area contributed by atoms with Gasteiger partial charge in [-0.05, 0) is 76.1 Å². The maximum atomic E-state index is 14.2. The van der Waals surface area contributed by atoms with E-state index < -0.39 is 41.0 Å². The fourth-order valence-electron chi connectivity index (χ4n) is 7.67. The average Bonchev–Trinajstić information content (AvgIpc) is 3.73. The zero-order valence-electron chi connectivity index (χ0n) is 33.2. The standard InChI is InChI=1S/C41H55N7O6S/c1-25(27-9-11-28(12-10-27)33-26(2)43-24-55-33)44-36(51)31-19-30(49)21-48(31)37(52)34(39(3,4)5)45-35(50)29-13-14-32(42-20-29)47-22-41(23-47)15-17-46(18-16-41)38(53)54-40(6,7)8/h9-14,20,24-25,30-31,34,49H,15-19,21-23H2,1-8H3,(H,44,51)(H,45,50)/t25-,30+,31-,34+/m0/s1. The van der Waals surface area contributed by atoms with E-state index in [0.29, 0.717) is 18.7 Å². The molecule has 3 aliphatic rings. The first-order valence-corrected chi connectivity index (χ1v) is 20.0. The zero-order chi connectivity index (χ0) is 39.9. The fourth-order valence-corrected chi connectivity index (χ4v) is 8.48. The van der Waals surface area contributed by atoms with Crippen molar-refractivity contribution in [1.82, 2.24) is 30.4 Å². The number of nitrogens with one attached hydrogen (secondary N) is 2. The first-order valence-electron chi connectivity index (χ1n) is 19.1. The molecule has 3 fully saturated rings. The Morgan fingerprint density at radius 1 is 0.964 bits per heavy atom. The van der Waals surface area contributed by atoms with Crippen LogP contribution < -0.4 is 15.5 Å². The molecule has 3 aromatic rings. The lowest BCUT2D eigenvalue weighted by atomic mass is 9.72. The van der Waals surface area contributed by atoms with Crippen LogP contribution >= 0.6 is 11.3 Å². The Morgan fingerprint density at radius 3 is 2.20 bits per heavy atom. The summed E-state index contributed by atoms with van der Waals surface area (Å²) in [5.74, 6) is -0.476. The van der Waals surface area contributed by atoms with E-state index in [1.165, 1.54) is 11.1 Å². The molecule has 4 atom stereocenters. The van der Waals surface area contributed by atoms with Gasteiger partial charge >= 0.3 is 6.09 Å². The molecule has 3 saturated heterocycles.